The normalized spacial score (nSPS) is 16.2. The summed E-state index contributed by atoms with van der Waals surface area (Å²) in [4.78, 5) is 8.36. The van der Waals surface area contributed by atoms with Gasteiger partial charge < -0.3 is 14.2 Å². The van der Waals surface area contributed by atoms with Crippen molar-refractivity contribution in [3.63, 3.8) is 0 Å². The molecule has 0 atom stereocenters. The van der Waals surface area contributed by atoms with E-state index >= 15 is 0 Å². The fraction of sp³-hybridized carbons (Fsp3) is 0.467. The maximum Gasteiger partial charge on any atom is 0.297 e. The van der Waals surface area contributed by atoms with Crippen molar-refractivity contribution in [2.24, 2.45) is 0 Å². The van der Waals surface area contributed by atoms with Gasteiger partial charge in [-0.25, -0.2) is 4.98 Å². The molecule has 8 heteroatoms. The van der Waals surface area contributed by atoms with Gasteiger partial charge in [0.2, 0.25) is 0 Å². The van der Waals surface area contributed by atoms with Crippen molar-refractivity contribution >= 4 is 17.5 Å². The molecule has 0 spiro atoms. The highest BCUT2D eigenvalue weighted by atomic mass is 16.4. The topological polar surface area (TPSA) is 75.6 Å². The van der Waals surface area contributed by atoms with Crippen LogP contribution in [0.3, 0.4) is 0 Å². The lowest BCUT2D eigenvalue weighted by atomic mass is 9.96. The van der Waals surface area contributed by atoms with Crippen LogP contribution in [-0.4, -0.2) is 52.0 Å². The highest BCUT2D eigenvalue weighted by Gasteiger charge is 2.26. The van der Waals surface area contributed by atoms with E-state index in [2.05, 4.69) is 25.2 Å². The van der Waals surface area contributed by atoms with Gasteiger partial charge in [-0.3, -0.25) is 0 Å². The third-order valence-electron chi connectivity index (χ3n) is 4.28. The lowest BCUT2D eigenvalue weighted by molar-refractivity contribution is 0.443. The molecule has 3 aromatic rings. The summed E-state index contributed by atoms with van der Waals surface area (Å²) in [5, 5.41) is 13.3. The van der Waals surface area contributed by atoms with Gasteiger partial charge >= 0.3 is 0 Å². The standard InChI is InChI=1S/C15H19N7O/c1-20(2)13-4-3-12-17-18-14(22(12)19-13)11-5-8-21(9-6-11)15-16-7-10-23-15/h3-4,7,10-11H,5-6,8-9H2,1-2H3. The Hall–Kier alpha value is -2.64. The number of fused-ring (bicyclic) bond motifs is 1. The Morgan fingerprint density at radius 3 is 2.70 bits per heavy atom. The zero-order chi connectivity index (χ0) is 15.8. The van der Waals surface area contributed by atoms with Gasteiger partial charge in [0.05, 0.1) is 6.20 Å². The Labute approximate surface area is 133 Å². The number of hydrogen-bond acceptors (Lipinski definition) is 7. The molecule has 4 rings (SSSR count). The van der Waals surface area contributed by atoms with Crippen molar-refractivity contribution in [1.29, 1.82) is 0 Å². The van der Waals surface area contributed by atoms with Crippen LogP contribution >= 0.6 is 0 Å². The number of hydrogen-bond donors (Lipinski definition) is 0. The van der Waals surface area contributed by atoms with E-state index in [1.54, 1.807) is 12.5 Å². The van der Waals surface area contributed by atoms with Crippen LogP contribution in [-0.2, 0) is 0 Å². The van der Waals surface area contributed by atoms with Crippen LogP contribution in [0, 0.1) is 0 Å². The van der Waals surface area contributed by atoms with E-state index in [9.17, 15) is 0 Å². The van der Waals surface area contributed by atoms with Gasteiger partial charge in [0.25, 0.3) is 6.01 Å². The Morgan fingerprint density at radius 2 is 2.00 bits per heavy atom. The quantitative estimate of drug-likeness (QED) is 0.726. The molecular formula is C15H19N7O. The number of aromatic nitrogens is 5. The molecule has 1 aliphatic heterocycles. The first-order chi connectivity index (χ1) is 11.2. The van der Waals surface area contributed by atoms with E-state index in [1.807, 2.05) is 35.6 Å². The fourth-order valence-electron chi connectivity index (χ4n) is 2.99. The minimum atomic E-state index is 0.348. The SMILES string of the molecule is CN(C)c1ccc2nnc(C3CCN(c4ncco4)CC3)n2n1. The summed E-state index contributed by atoms with van der Waals surface area (Å²) in [6.45, 7) is 1.79. The summed E-state index contributed by atoms with van der Waals surface area (Å²) >= 11 is 0. The maximum atomic E-state index is 5.38. The van der Waals surface area contributed by atoms with Gasteiger partial charge in [-0.05, 0) is 25.0 Å². The summed E-state index contributed by atoms with van der Waals surface area (Å²) in [6, 6.07) is 4.61. The molecule has 1 fully saturated rings. The van der Waals surface area contributed by atoms with Gasteiger partial charge in [0, 0.05) is 33.1 Å². The molecule has 0 aromatic carbocycles. The van der Waals surface area contributed by atoms with Crippen LogP contribution in [0.4, 0.5) is 11.8 Å². The van der Waals surface area contributed by atoms with Crippen molar-refractivity contribution in [2.75, 3.05) is 37.0 Å². The predicted molar refractivity (Wildman–Crippen MR) is 85.8 cm³/mol. The molecule has 0 amide bonds. The molecule has 0 radical (unpaired) electrons. The summed E-state index contributed by atoms with van der Waals surface area (Å²) < 4.78 is 7.25. The largest absolute Gasteiger partial charge is 0.432 e. The molecule has 8 nitrogen and oxygen atoms in total. The smallest absolute Gasteiger partial charge is 0.297 e. The molecule has 4 heterocycles. The zero-order valence-corrected chi connectivity index (χ0v) is 13.3. The highest BCUT2D eigenvalue weighted by molar-refractivity contribution is 5.45. The van der Waals surface area contributed by atoms with Crippen molar-refractivity contribution in [1.82, 2.24) is 24.8 Å². The average molecular weight is 313 g/mol. The molecule has 1 saturated heterocycles. The van der Waals surface area contributed by atoms with Crippen LogP contribution in [0.15, 0.2) is 29.0 Å². The van der Waals surface area contributed by atoms with E-state index in [1.165, 1.54) is 0 Å². The number of anilines is 2. The summed E-state index contributed by atoms with van der Waals surface area (Å²) in [5.74, 6) is 2.19. The monoisotopic (exact) mass is 313 g/mol. The van der Waals surface area contributed by atoms with Gasteiger partial charge in [0.15, 0.2) is 11.5 Å². The van der Waals surface area contributed by atoms with Crippen LogP contribution < -0.4 is 9.80 Å². The second-order valence-electron chi connectivity index (χ2n) is 5.99. The number of nitrogens with zero attached hydrogens (tertiary/aromatic N) is 7. The molecular weight excluding hydrogens is 294 g/mol. The van der Waals surface area contributed by atoms with Crippen LogP contribution in [0.2, 0.25) is 0 Å². The Balaban J connectivity index is 1.57. The number of oxazole rings is 1. The van der Waals surface area contributed by atoms with Crippen molar-refractivity contribution < 1.29 is 4.42 Å². The van der Waals surface area contributed by atoms with Crippen LogP contribution in [0.1, 0.15) is 24.6 Å². The molecule has 0 N–H and O–H groups in total. The molecule has 120 valence electrons. The fourth-order valence-corrected chi connectivity index (χ4v) is 2.99. The molecule has 23 heavy (non-hydrogen) atoms. The molecule has 0 bridgehead atoms. The van der Waals surface area contributed by atoms with E-state index in [4.69, 9.17) is 4.42 Å². The summed E-state index contributed by atoms with van der Waals surface area (Å²) in [7, 11) is 3.96. The Kier molecular flexibility index (Phi) is 3.36. The van der Waals surface area contributed by atoms with Crippen LogP contribution in [0.5, 0.6) is 0 Å². The molecule has 3 aromatic heterocycles. The molecule has 0 unspecified atom stereocenters. The lowest BCUT2D eigenvalue weighted by Gasteiger charge is -2.29. The lowest BCUT2D eigenvalue weighted by Crippen LogP contribution is -2.33. The van der Waals surface area contributed by atoms with E-state index in [0.717, 1.165) is 43.2 Å². The molecule has 1 aliphatic rings. The Bertz CT molecular complexity index is 787. The van der Waals surface area contributed by atoms with E-state index in [-0.39, 0.29) is 0 Å². The third kappa shape index (κ3) is 2.49. The number of rotatable bonds is 3. The van der Waals surface area contributed by atoms with Crippen molar-refractivity contribution in [2.45, 2.75) is 18.8 Å². The van der Waals surface area contributed by atoms with Crippen molar-refractivity contribution in [3.05, 3.63) is 30.4 Å². The summed E-state index contributed by atoms with van der Waals surface area (Å²) in [5.41, 5.74) is 0.792. The molecule has 0 saturated carbocycles. The van der Waals surface area contributed by atoms with E-state index < -0.39 is 0 Å². The minimum absolute atomic E-state index is 0.348. The maximum absolute atomic E-state index is 5.38. The second kappa shape index (κ2) is 5.53. The number of piperidine rings is 1. The van der Waals surface area contributed by atoms with Crippen LogP contribution in [0.25, 0.3) is 5.65 Å². The van der Waals surface area contributed by atoms with Gasteiger partial charge in [-0.1, -0.05) is 0 Å². The first kappa shape index (κ1) is 14.0. The minimum Gasteiger partial charge on any atom is -0.432 e. The third-order valence-corrected chi connectivity index (χ3v) is 4.28. The average Bonchev–Trinajstić information content (AvgIpc) is 3.24. The highest BCUT2D eigenvalue weighted by Crippen LogP contribution is 2.29. The van der Waals surface area contributed by atoms with Gasteiger partial charge in [-0.2, -0.15) is 4.52 Å². The first-order valence-corrected chi connectivity index (χ1v) is 7.76. The van der Waals surface area contributed by atoms with Gasteiger partial charge in [0.1, 0.15) is 12.1 Å². The zero-order valence-electron chi connectivity index (χ0n) is 13.3. The van der Waals surface area contributed by atoms with E-state index in [0.29, 0.717) is 11.9 Å². The van der Waals surface area contributed by atoms with Crippen molar-refractivity contribution in [3.8, 4) is 0 Å². The summed E-state index contributed by atoms with van der Waals surface area (Å²) in [6.07, 6.45) is 5.26. The first-order valence-electron chi connectivity index (χ1n) is 7.76. The molecule has 0 aliphatic carbocycles. The second-order valence-corrected chi connectivity index (χ2v) is 5.99. The van der Waals surface area contributed by atoms with Gasteiger partial charge in [-0.15, -0.1) is 15.3 Å². The predicted octanol–water partition coefficient (Wildman–Crippen LogP) is 1.56. The Morgan fingerprint density at radius 1 is 1.17 bits per heavy atom.